The molecule has 226 valence electrons. The SMILES string of the molecule is CC(C)[C@H](C[C@@H]1OC(C)(C)N(C(=O)OC(C)(C)C)[C@H]1CC1CCCCC1)C(=O)NCCN1CCS(=O)(=O)CC1. The first kappa shape index (κ1) is 32.1. The number of ether oxygens (including phenoxy) is 2. The van der Waals surface area contributed by atoms with Gasteiger partial charge in [0.1, 0.15) is 11.3 Å². The lowest BCUT2D eigenvalue weighted by atomic mass is 9.81. The molecule has 1 aliphatic carbocycles. The van der Waals surface area contributed by atoms with E-state index in [1.807, 2.05) is 34.6 Å². The van der Waals surface area contributed by atoms with Crippen molar-refractivity contribution in [1.29, 1.82) is 0 Å². The number of nitrogens with one attached hydrogen (secondary N) is 1. The van der Waals surface area contributed by atoms with E-state index in [-0.39, 0.29) is 47.5 Å². The minimum atomic E-state index is -2.92. The molecule has 0 radical (unpaired) electrons. The highest BCUT2D eigenvalue weighted by Crippen LogP contribution is 2.41. The molecule has 3 rings (SSSR count). The van der Waals surface area contributed by atoms with E-state index < -0.39 is 21.2 Å². The van der Waals surface area contributed by atoms with Crippen LogP contribution in [0.15, 0.2) is 0 Å². The van der Waals surface area contributed by atoms with Gasteiger partial charge in [-0.2, -0.15) is 0 Å². The van der Waals surface area contributed by atoms with Gasteiger partial charge >= 0.3 is 6.09 Å². The molecule has 3 atom stereocenters. The molecule has 9 nitrogen and oxygen atoms in total. The van der Waals surface area contributed by atoms with Crippen LogP contribution in [0, 0.1) is 17.8 Å². The van der Waals surface area contributed by atoms with Crippen molar-refractivity contribution in [2.45, 2.75) is 117 Å². The quantitative estimate of drug-likeness (QED) is 0.442. The zero-order chi connectivity index (χ0) is 29.0. The summed E-state index contributed by atoms with van der Waals surface area (Å²) in [4.78, 5) is 30.7. The number of rotatable bonds is 9. The summed E-state index contributed by atoms with van der Waals surface area (Å²) in [5.74, 6) is 0.723. The molecular weight excluding hydrogens is 518 g/mol. The van der Waals surface area contributed by atoms with Gasteiger partial charge in [-0.05, 0) is 59.3 Å². The highest BCUT2D eigenvalue weighted by atomic mass is 32.2. The fourth-order valence-electron chi connectivity index (χ4n) is 6.34. The van der Waals surface area contributed by atoms with Crippen molar-refractivity contribution in [2.75, 3.05) is 37.7 Å². The molecule has 0 bridgehead atoms. The Balaban J connectivity index is 1.70. The summed E-state index contributed by atoms with van der Waals surface area (Å²) in [5, 5.41) is 3.10. The number of nitrogens with zero attached hydrogens (tertiary/aromatic N) is 2. The molecule has 0 aromatic carbocycles. The van der Waals surface area contributed by atoms with Crippen LogP contribution in [0.4, 0.5) is 4.79 Å². The zero-order valence-corrected chi connectivity index (χ0v) is 26.1. The number of carbonyl (C=O) groups excluding carboxylic acids is 2. The third-order valence-corrected chi connectivity index (χ3v) is 10.1. The first-order valence-corrected chi connectivity index (χ1v) is 16.8. The standard InChI is InChI=1S/C29H53N3O6S/c1-21(2)23(26(33)30-13-14-31-15-17-39(35,36)18-16-31)20-25-24(19-22-11-9-8-10-12-22)32(29(6,7)37-25)27(34)38-28(3,4)5/h21-25H,8-20H2,1-7H3,(H,30,33)/t23-,24-,25-/m0/s1. The maximum atomic E-state index is 13.5. The topological polar surface area (TPSA) is 105 Å². The van der Waals surface area contributed by atoms with E-state index in [9.17, 15) is 18.0 Å². The first-order chi connectivity index (χ1) is 18.1. The lowest BCUT2D eigenvalue weighted by molar-refractivity contribution is -0.129. The Morgan fingerprint density at radius 1 is 1.08 bits per heavy atom. The highest BCUT2D eigenvalue weighted by Gasteiger charge is 2.52. The predicted molar refractivity (Wildman–Crippen MR) is 153 cm³/mol. The summed E-state index contributed by atoms with van der Waals surface area (Å²) in [5.41, 5.74) is -1.45. The molecule has 2 saturated heterocycles. The van der Waals surface area contributed by atoms with E-state index >= 15 is 0 Å². The van der Waals surface area contributed by atoms with Crippen molar-refractivity contribution in [2.24, 2.45) is 17.8 Å². The van der Waals surface area contributed by atoms with Crippen LogP contribution in [-0.2, 0) is 24.1 Å². The third kappa shape index (κ3) is 9.32. The minimum Gasteiger partial charge on any atom is -0.444 e. The van der Waals surface area contributed by atoms with Crippen LogP contribution in [0.25, 0.3) is 0 Å². The Hall–Kier alpha value is -1.39. The second kappa shape index (κ2) is 13.1. The van der Waals surface area contributed by atoms with Crippen LogP contribution < -0.4 is 5.32 Å². The van der Waals surface area contributed by atoms with Gasteiger partial charge in [-0.15, -0.1) is 0 Å². The molecule has 1 N–H and O–H groups in total. The maximum absolute atomic E-state index is 13.5. The van der Waals surface area contributed by atoms with Gasteiger partial charge in [-0.3, -0.25) is 14.6 Å². The molecule has 3 fully saturated rings. The fraction of sp³-hybridized carbons (Fsp3) is 0.931. The molecule has 0 spiro atoms. The Labute approximate surface area is 236 Å². The summed E-state index contributed by atoms with van der Waals surface area (Å²) in [6.07, 6.45) is 6.81. The molecule has 39 heavy (non-hydrogen) atoms. The molecule has 0 aromatic rings. The number of amides is 2. The summed E-state index contributed by atoms with van der Waals surface area (Å²) in [6, 6.07) is -0.151. The molecule has 0 unspecified atom stereocenters. The Kier molecular flexibility index (Phi) is 10.8. The molecule has 2 heterocycles. The van der Waals surface area contributed by atoms with E-state index in [1.165, 1.54) is 19.3 Å². The molecule has 3 aliphatic rings. The fourth-order valence-corrected chi connectivity index (χ4v) is 7.62. The van der Waals surface area contributed by atoms with Gasteiger partial charge in [0, 0.05) is 32.1 Å². The monoisotopic (exact) mass is 571 g/mol. The second-order valence-electron chi connectivity index (χ2n) is 13.6. The van der Waals surface area contributed by atoms with E-state index in [0.717, 1.165) is 19.3 Å². The summed E-state index contributed by atoms with van der Waals surface area (Å²) >= 11 is 0. The Morgan fingerprint density at radius 2 is 1.69 bits per heavy atom. The lowest BCUT2D eigenvalue weighted by Crippen LogP contribution is -2.51. The third-order valence-electron chi connectivity index (χ3n) is 8.46. The zero-order valence-electron chi connectivity index (χ0n) is 25.3. The molecule has 10 heteroatoms. The molecular formula is C29H53N3O6S. The van der Waals surface area contributed by atoms with Crippen molar-refractivity contribution >= 4 is 21.8 Å². The molecule has 2 amide bonds. The summed E-state index contributed by atoms with van der Waals surface area (Å²) in [6.45, 7) is 15.7. The summed E-state index contributed by atoms with van der Waals surface area (Å²) in [7, 11) is -2.92. The first-order valence-electron chi connectivity index (χ1n) is 15.0. The van der Waals surface area contributed by atoms with E-state index in [4.69, 9.17) is 9.47 Å². The average Bonchev–Trinajstić information content (AvgIpc) is 3.06. The molecule has 1 saturated carbocycles. The Bertz CT molecular complexity index is 925. The second-order valence-corrected chi connectivity index (χ2v) is 15.9. The van der Waals surface area contributed by atoms with E-state index in [2.05, 4.69) is 24.1 Å². The van der Waals surface area contributed by atoms with Crippen molar-refractivity contribution in [3.63, 3.8) is 0 Å². The van der Waals surface area contributed by atoms with Crippen molar-refractivity contribution < 1.29 is 27.5 Å². The van der Waals surface area contributed by atoms with Gasteiger partial charge in [0.15, 0.2) is 9.84 Å². The number of carbonyl (C=O) groups is 2. The van der Waals surface area contributed by atoms with Crippen LogP contribution in [0.2, 0.25) is 0 Å². The van der Waals surface area contributed by atoms with Gasteiger partial charge in [0.2, 0.25) is 5.91 Å². The van der Waals surface area contributed by atoms with Crippen LogP contribution in [0.3, 0.4) is 0 Å². The lowest BCUT2D eigenvalue weighted by Gasteiger charge is -2.37. The van der Waals surface area contributed by atoms with Crippen molar-refractivity contribution in [3.8, 4) is 0 Å². The normalized spacial score (nSPS) is 26.9. The maximum Gasteiger partial charge on any atom is 0.412 e. The molecule has 2 aliphatic heterocycles. The van der Waals surface area contributed by atoms with E-state index in [0.29, 0.717) is 38.5 Å². The smallest absolute Gasteiger partial charge is 0.412 e. The van der Waals surface area contributed by atoms with Gasteiger partial charge in [-0.1, -0.05) is 46.0 Å². The predicted octanol–water partition coefficient (Wildman–Crippen LogP) is 4.21. The number of hydrogen-bond acceptors (Lipinski definition) is 7. The number of sulfone groups is 1. The average molecular weight is 572 g/mol. The van der Waals surface area contributed by atoms with Crippen LogP contribution in [-0.4, -0.2) is 91.4 Å². The highest BCUT2D eigenvalue weighted by molar-refractivity contribution is 7.91. The minimum absolute atomic E-state index is 0.0110. The van der Waals surface area contributed by atoms with Crippen LogP contribution in [0.5, 0.6) is 0 Å². The largest absolute Gasteiger partial charge is 0.444 e. The summed E-state index contributed by atoms with van der Waals surface area (Å²) < 4.78 is 35.8. The van der Waals surface area contributed by atoms with Gasteiger partial charge in [0.25, 0.3) is 0 Å². The number of hydrogen-bond donors (Lipinski definition) is 1. The molecule has 0 aromatic heterocycles. The van der Waals surface area contributed by atoms with Gasteiger partial charge in [0.05, 0.1) is 23.7 Å². The van der Waals surface area contributed by atoms with E-state index in [1.54, 1.807) is 4.90 Å². The van der Waals surface area contributed by atoms with Crippen LogP contribution >= 0.6 is 0 Å². The van der Waals surface area contributed by atoms with Crippen molar-refractivity contribution in [3.05, 3.63) is 0 Å². The van der Waals surface area contributed by atoms with Crippen LogP contribution in [0.1, 0.15) is 93.4 Å². The van der Waals surface area contributed by atoms with Gasteiger partial charge in [-0.25, -0.2) is 13.2 Å². The van der Waals surface area contributed by atoms with Crippen molar-refractivity contribution in [1.82, 2.24) is 15.1 Å². The van der Waals surface area contributed by atoms with Gasteiger partial charge < -0.3 is 14.8 Å². The Morgan fingerprint density at radius 3 is 2.26 bits per heavy atom.